The van der Waals surface area contributed by atoms with E-state index in [1.54, 1.807) is 0 Å². The van der Waals surface area contributed by atoms with Crippen LogP contribution in [0, 0.1) is 0 Å². The minimum absolute atomic E-state index is 0.0320. The van der Waals surface area contributed by atoms with Gasteiger partial charge in [0.15, 0.2) is 0 Å². The highest BCUT2D eigenvalue weighted by atomic mass is 16.5. The molecule has 0 radical (unpaired) electrons. The van der Waals surface area contributed by atoms with E-state index in [4.69, 9.17) is 4.74 Å². The minimum Gasteiger partial charge on any atom is -0.374 e. The molecule has 1 saturated carbocycles. The number of H-pyrrole nitrogens is 1. The predicted molar refractivity (Wildman–Crippen MR) is 63.3 cm³/mol. The molecular formula is C11H17N5O2. The fourth-order valence-electron chi connectivity index (χ4n) is 1.95. The molecule has 2 heterocycles. The Morgan fingerprint density at radius 2 is 2.39 bits per heavy atom. The van der Waals surface area contributed by atoms with Crippen LogP contribution in [0.1, 0.15) is 35.2 Å². The molecule has 1 aliphatic carbocycles. The first-order valence-electron chi connectivity index (χ1n) is 6.36. The highest BCUT2D eigenvalue weighted by Gasteiger charge is 2.28. The summed E-state index contributed by atoms with van der Waals surface area (Å²) >= 11 is 0. The third kappa shape index (κ3) is 2.68. The van der Waals surface area contributed by atoms with Gasteiger partial charge in [0.25, 0.3) is 5.91 Å². The van der Waals surface area contributed by atoms with Crippen LogP contribution < -0.4 is 10.6 Å². The first-order valence-corrected chi connectivity index (χ1v) is 6.36. The number of nitrogens with one attached hydrogen (secondary N) is 3. The Hall–Kier alpha value is -1.47. The maximum absolute atomic E-state index is 11.8. The molecule has 3 rings (SSSR count). The summed E-state index contributed by atoms with van der Waals surface area (Å²) < 4.78 is 5.49. The van der Waals surface area contributed by atoms with Crippen molar-refractivity contribution in [2.24, 2.45) is 0 Å². The summed E-state index contributed by atoms with van der Waals surface area (Å²) in [6.07, 6.45) is 2.31. The second kappa shape index (κ2) is 5.03. The predicted octanol–water partition coefficient (Wildman–Crippen LogP) is -0.600. The lowest BCUT2D eigenvalue weighted by atomic mass is 10.3. The van der Waals surface area contributed by atoms with E-state index >= 15 is 0 Å². The van der Waals surface area contributed by atoms with Crippen molar-refractivity contribution in [3.63, 3.8) is 0 Å². The van der Waals surface area contributed by atoms with E-state index in [1.165, 1.54) is 0 Å². The lowest BCUT2D eigenvalue weighted by Gasteiger charge is -2.23. The smallest absolute Gasteiger partial charge is 0.291 e. The molecule has 1 amide bonds. The first kappa shape index (κ1) is 11.6. The van der Waals surface area contributed by atoms with Gasteiger partial charge in [0.2, 0.25) is 5.82 Å². The molecule has 0 spiro atoms. The zero-order valence-electron chi connectivity index (χ0n) is 10.1. The number of ether oxygens (including phenoxy) is 1. The molecule has 1 aromatic heterocycles. The summed E-state index contributed by atoms with van der Waals surface area (Å²) in [6.45, 7) is 2.81. The van der Waals surface area contributed by atoms with Crippen LogP contribution in [0.4, 0.5) is 0 Å². The van der Waals surface area contributed by atoms with Gasteiger partial charge in [-0.1, -0.05) is 0 Å². The third-order valence-electron chi connectivity index (χ3n) is 3.16. The van der Waals surface area contributed by atoms with Crippen molar-refractivity contribution in [2.45, 2.75) is 24.9 Å². The monoisotopic (exact) mass is 251 g/mol. The van der Waals surface area contributed by atoms with Gasteiger partial charge in [0, 0.05) is 25.6 Å². The second-order valence-corrected chi connectivity index (χ2v) is 4.73. The molecular weight excluding hydrogens is 234 g/mol. The Morgan fingerprint density at radius 3 is 3.11 bits per heavy atom. The van der Waals surface area contributed by atoms with Crippen molar-refractivity contribution >= 4 is 5.91 Å². The van der Waals surface area contributed by atoms with Crippen molar-refractivity contribution in [3.05, 3.63) is 11.6 Å². The fraction of sp³-hybridized carbons (Fsp3) is 0.727. The normalized spacial score (nSPS) is 23.9. The van der Waals surface area contributed by atoms with Crippen LogP contribution in [0.5, 0.6) is 0 Å². The number of amides is 1. The number of morpholine rings is 1. The number of nitrogens with zero attached hydrogens (tertiary/aromatic N) is 2. The molecule has 7 nitrogen and oxygen atoms in total. The number of aromatic amines is 1. The summed E-state index contributed by atoms with van der Waals surface area (Å²) in [7, 11) is 0. The van der Waals surface area contributed by atoms with Crippen LogP contribution in [0.25, 0.3) is 0 Å². The van der Waals surface area contributed by atoms with Crippen molar-refractivity contribution in [3.8, 4) is 0 Å². The molecule has 7 heteroatoms. The SMILES string of the molecule is O=C(NCC1CNCCO1)c1n[nH]c(C2CC2)n1. The lowest BCUT2D eigenvalue weighted by Crippen LogP contribution is -2.45. The van der Waals surface area contributed by atoms with E-state index in [-0.39, 0.29) is 17.8 Å². The molecule has 3 N–H and O–H groups in total. The van der Waals surface area contributed by atoms with Crippen LogP contribution in [-0.2, 0) is 4.74 Å². The van der Waals surface area contributed by atoms with E-state index in [0.29, 0.717) is 19.1 Å². The molecule has 1 atom stereocenters. The number of hydrogen-bond acceptors (Lipinski definition) is 5. The molecule has 2 fully saturated rings. The molecule has 0 aromatic carbocycles. The van der Waals surface area contributed by atoms with Gasteiger partial charge < -0.3 is 15.4 Å². The maximum atomic E-state index is 11.8. The van der Waals surface area contributed by atoms with Gasteiger partial charge in [-0.15, -0.1) is 5.10 Å². The maximum Gasteiger partial charge on any atom is 0.291 e. The summed E-state index contributed by atoms with van der Waals surface area (Å²) in [4.78, 5) is 16.0. The molecule has 98 valence electrons. The Labute approximate surface area is 105 Å². The molecule has 1 aliphatic heterocycles. The number of aromatic nitrogens is 3. The summed E-state index contributed by atoms with van der Waals surface area (Å²) in [5.74, 6) is 1.29. The minimum atomic E-state index is -0.243. The lowest BCUT2D eigenvalue weighted by molar-refractivity contribution is 0.0286. The summed E-state index contributed by atoms with van der Waals surface area (Å²) in [6, 6.07) is 0. The third-order valence-corrected chi connectivity index (χ3v) is 3.16. The van der Waals surface area contributed by atoms with Gasteiger partial charge in [-0.3, -0.25) is 9.89 Å². The van der Waals surface area contributed by atoms with Gasteiger partial charge in [-0.2, -0.15) is 0 Å². The van der Waals surface area contributed by atoms with Gasteiger partial charge in [-0.25, -0.2) is 4.98 Å². The van der Waals surface area contributed by atoms with Crippen molar-refractivity contribution < 1.29 is 9.53 Å². The Kier molecular flexibility index (Phi) is 3.24. The van der Waals surface area contributed by atoms with Gasteiger partial charge in [0.1, 0.15) is 5.82 Å². The highest BCUT2D eigenvalue weighted by molar-refractivity contribution is 5.90. The van der Waals surface area contributed by atoms with Crippen LogP contribution in [0.3, 0.4) is 0 Å². The van der Waals surface area contributed by atoms with Crippen molar-refractivity contribution in [2.75, 3.05) is 26.2 Å². The Bertz CT molecular complexity index is 423. The molecule has 1 saturated heterocycles. The van der Waals surface area contributed by atoms with E-state index < -0.39 is 0 Å². The molecule has 2 aliphatic rings. The van der Waals surface area contributed by atoms with Crippen LogP contribution in [0.15, 0.2) is 0 Å². The quantitative estimate of drug-likeness (QED) is 0.664. The van der Waals surface area contributed by atoms with Crippen LogP contribution in [-0.4, -0.2) is 53.4 Å². The van der Waals surface area contributed by atoms with Gasteiger partial charge >= 0.3 is 0 Å². The summed E-state index contributed by atoms with van der Waals surface area (Å²) in [5.41, 5.74) is 0. The van der Waals surface area contributed by atoms with Crippen LogP contribution in [0.2, 0.25) is 0 Å². The van der Waals surface area contributed by atoms with Gasteiger partial charge in [0.05, 0.1) is 12.7 Å². The van der Waals surface area contributed by atoms with Gasteiger partial charge in [-0.05, 0) is 12.8 Å². The van der Waals surface area contributed by atoms with E-state index in [1.807, 2.05) is 0 Å². The first-order chi connectivity index (χ1) is 8.83. The fourth-order valence-corrected chi connectivity index (χ4v) is 1.95. The largest absolute Gasteiger partial charge is 0.374 e. The van der Waals surface area contributed by atoms with E-state index in [0.717, 1.165) is 31.8 Å². The number of hydrogen-bond donors (Lipinski definition) is 3. The zero-order valence-corrected chi connectivity index (χ0v) is 10.1. The molecule has 18 heavy (non-hydrogen) atoms. The van der Waals surface area contributed by atoms with Crippen molar-refractivity contribution in [1.82, 2.24) is 25.8 Å². The Balaban J connectivity index is 1.50. The van der Waals surface area contributed by atoms with Crippen molar-refractivity contribution in [1.29, 1.82) is 0 Å². The number of rotatable bonds is 4. The molecule has 0 bridgehead atoms. The standard InChI is InChI=1S/C11H17N5O2/c17-11(13-6-8-5-12-3-4-18-8)10-14-9(15-16-10)7-1-2-7/h7-8,12H,1-6H2,(H,13,17)(H,14,15,16). The topological polar surface area (TPSA) is 91.9 Å². The number of carbonyl (C=O) groups excluding carboxylic acids is 1. The Morgan fingerprint density at radius 1 is 1.50 bits per heavy atom. The average molecular weight is 251 g/mol. The summed E-state index contributed by atoms with van der Waals surface area (Å²) in [5, 5.41) is 12.8. The van der Waals surface area contributed by atoms with E-state index in [2.05, 4.69) is 25.8 Å². The number of carbonyl (C=O) groups is 1. The zero-order chi connectivity index (χ0) is 12.4. The highest BCUT2D eigenvalue weighted by Crippen LogP contribution is 2.37. The molecule has 1 aromatic rings. The van der Waals surface area contributed by atoms with E-state index in [9.17, 15) is 4.79 Å². The van der Waals surface area contributed by atoms with Crippen LogP contribution >= 0.6 is 0 Å². The average Bonchev–Trinajstić information content (AvgIpc) is 3.15. The molecule has 1 unspecified atom stereocenters. The second-order valence-electron chi connectivity index (χ2n) is 4.73.